The van der Waals surface area contributed by atoms with Gasteiger partial charge in [-0.1, -0.05) is 18.2 Å². The standard InChI is InChI=1S/C17H22N4/c1-2-4-14(5-3-1)20-11-10-19-17(20)13-21-15-6-7-16(21)12-18-9-8-15/h1-5,10-11,15-16,18H,6-9,12-13H2. The van der Waals surface area contributed by atoms with Crippen LogP contribution in [0.3, 0.4) is 0 Å². The summed E-state index contributed by atoms with van der Waals surface area (Å²) in [5.74, 6) is 1.15. The normalized spacial score (nSPS) is 25.9. The molecule has 0 saturated carbocycles. The van der Waals surface area contributed by atoms with Crippen LogP contribution in [0.2, 0.25) is 0 Å². The predicted octanol–water partition coefficient (Wildman–Crippen LogP) is 2.20. The number of nitrogens with zero attached hydrogens (tertiary/aromatic N) is 3. The lowest BCUT2D eigenvalue weighted by Gasteiger charge is -2.27. The number of hydrogen-bond donors (Lipinski definition) is 1. The van der Waals surface area contributed by atoms with Crippen molar-refractivity contribution in [1.29, 1.82) is 0 Å². The third kappa shape index (κ3) is 2.49. The van der Waals surface area contributed by atoms with E-state index in [9.17, 15) is 0 Å². The highest BCUT2D eigenvalue weighted by atomic mass is 15.3. The Kier molecular flexibility index (Phi) is 3.49. The zero-order valence-corrected chi connectivity index (χ0v) is 12.3. The maximum Gasteiger partial charge on any atom is 0.127 e. The molecular formula is C17H22N4. The van der Waals surface area contributed by atoms with Crippen LogP contribution in [0.15, 0.2) is 42.7 Å². The van der Waals surface area contributed by atoms with E-state index in [1.807, 2.05) is 6.20 Å². The van der Waals surface area contributed by atoms with Crippen LogP contribution in [-0.4, -0.2) is 39.6 Å². The fraction of sp³-hybridized carbons (Fsp3) is 0.471. The lowest BCUT2D eigenvalue weighted by atomic mass is 10.1. The highest BCUT2D eigenvalue weighted by Gasteiger charge is 2.35. The van der Waals surface area contributed by atoms with Crippen LogP contribution in [-0.2, 0) is 6.54 Å². The first-order chi connectivity index (χ1) is 10.4. The van der Waals surface area contributed by atoms with Crippen molar-refractivity contribution in [2.24, 2.45) is 0 Å². The molecule has 0 aliphatic carbocycles. The maximum absolute atomic E-state index is 4.61. The largest absolute Gasteiger partial charge is 0.315 e. The van der Waals surface area contributed by atoms with E-state index in [0.717, 1.165) is 31.5 Å². The zero-order valence-electron chi connectivity index (χ0n) is 12.3. The van der Waals surface area contributed by atoms with Crippen LogP contribution < -0.4 is 5.32 Å². The van der Waals surface area contributed by atoms with Gasteiger partial charge in [0.15, 0.2) is 0 Å². The first-order valence-corrected chi connectivity index (χ1v) is 7.96. The number of imidazole rings is 1. The molecule has 1 aromatic carbocycles. The van der Waals surface area contributed by atoms with Crippen molar-refractivity contribution >= 4 is 0 Å². The molecule has 2 aromatic rings. The molecule has 110 valence electrons. The van der Waals surface area contributed by atoms with Gasteiger partial charge in [0.25, 0.3) is 0 Å². The third-order valence-electron chi connectivity index (χ3n) is 4.88. The van der Waals surface area contributed by atoms with Crippen LogP contribution >= 0.6 is 0 Å². The highest BCUT2D eigenvalue weighted by molar-refractivity contribution is 5.32. The molecule has 4 heteroatoms. The Morgan fingerprint density at radius 1 is 1.10 bits per heavy atom. The van der Waals surface area contributed by atoms with Gasteiger partial charge >= 0.3 is 0 Å². The monoisotopic (exact) mass is 282 g/mol. The first-order valence-electron chi connectivity index (χ1n) is 7.96. The van der Waals surface area contributed by atoms with E-state index >= 15 is 0 Å². The van der Waals surface area contributed by atoms with Crippen molar-refractivity contribution in [3.8, 4) is 5.69 Å². The van der Waals surface area contributed by atoms with Crippen molar-refractivity contribution in [2.45, 2.75) is 37.9 Å². The molecule has 2 aliphatic rings. The summed E-state index contributed by atoms with van der Waals surface area (Å²) in [5.41, 5.74) is 1.20. The molecular weight excluding hydrogens is 260 g/mol. The fourth-order valence-corrected chi connectivity index (χ4v) is 3.78. The minimum Gasteiger partial charge on any atom is -0.315 e. The minimum absolute atomic E-state index is 0.679. The van der Waals surface area contributed by atoms with Crippen molar-refractivity contribution in [3.05, 3.63) is 48.5 Å². The van der Waals surface area contributed by atoms with Gasteiger partial charge in [-0.2, -0.15) is 0 Å². The molecule has 3 heterocycles. The zero-order chi connectivity index (χ0) is 14.1. The van der Waals surface area contributed by atoms with Crippen LogP contribution in [0.5, 0.6) is 0 Å². The van der Waals surface area contributed by atoms with E-state index in [0.29, 0.717) is 6.04 Å². The number of rotatable bonds is 3. The summed E-state index contributed by atoms with van der Waals surface area (Å²) in [6, 6.07) is 11.9. The smallest absolute Gasteiger partial charge is 0.127 e. The molecule has 0 amide bonds. The molecule has 2 saturated heterocycles. The van der Waals surface area contributed by atoms with Crippen LogP contribution in [0.25, 0.3) is 5.69 Å². The molecule has 1 N–H and O–H groups in total. The van der Waals surface area contributed by atoms with Crippen LogP contribution in [0.1, 0.15) is 25.1 Å². The van der Waals surface area contributed by atoms with Crippen LogP contribution in [0.4, 0.5) is 0 Å². The lowest BCUT2D eigenvalue weighted by Crippen LogP contribution is -2.38. The minimum atomic E-state index is 0.679. The lowest BCUT2D eigenvalue weighted by molar-refractivity contribution is 0.188. The second-order valence-electron chi connectivity index (χ2n) is 6.10. The highest BCUT2D eigenvalue weighted by Crippen LogP contribution is 2.29. The molecule has 0 radical (unpaired) electrons. The Morgan fingerprint density at radius 3 is 2.86 bits per heavy atom. The predicted molar refractivity (Wildman–Crippen MR) is 83.4 cm³/mol. The molecule has 21 heavy (non-hydrogen) atoms. The van der Waals surface area contributed by atoms with Crippen molar-refractivity contribution in [2.75, 3.05) is 13.1 Å². The molecule has 0 spiro atoms. The third-order valence-corrected chi connectivity index (χ3v) is 4.88. The number of nitrogens with one attached hydrogen (secondary N) is 1. The number of benzene rings is 1. The summed E-state index contributed by atoms with van der Waals surface area (Å²) >= 11 is 0. The maximum atomic E-state index is 4.61. The van der Waals surface area contributed by atoms with Gasteiger partial charge in [-0.15, -0.1) is 0 Å². The number of hydrogen-bond acceptors (Lipinski definition) is 3. The van der Waals surface area contributed by atoms with Gasteiger partial charge in [-0.3, -0.25) is 4.90 Å². The average Bonchev–Trinajstić information content (AvgIpc) is 3.05. The Hall–Kier alpha value is -1.65. The van der Waals surface area contributed by atoms with Crippen LogP contribution in [0, 0.1) is 0 Å². The topological polar surface area (TPSA) is 33.1 Å². The van der Waals surface area contributed by atoms with Crippen molar-refractivity contribution < 1.29 is 0 Å². The van der Waals surface area contributed by atoms with Gasteiger partial charge in [0.1, 0.15) is 5.82 Å². The summed E-state index contributed by atoms with van der Waals surface area (Å²) in [4.78, 5) is 7.28. The van der Waals surface area contributed by atoms with Gasteiger partial charge in [0, 0.05) is 36.7 Å². The molecule has 1 aromatic heterocycles. The van der Waals surface area contributed by atoms with E-state index in [1.54, 1.807) is 0 Å². The Morgan fingerprint density at radius 2 is 1.95 bits per heavy atom. The van der Waals surface area contributed by atoms with Gasteiger partial charge in [-0.25, -0.2) is 4.98 Å². The quantitative estimate of drug-likeness (QED) is 0.937. The molecule has 2 atom stereocenters. The number of para-hydroxylation sites is 1. The SMILES string of the molecule is c1ccc(-n2ccnc2CN2C3CCNCC2CC3)cc1. The Bertz CT molecular complexity index is 578. The van der Waals surface area contributed by atoms with E-state index in [-0.39, 0.29) is 0 Å². The number of fused-ring (bicyclic) bond motifs is 2. The molecule has 2 bridgehead atoms. The van der Waals surface area contributed by atoms with Gasteiger partial charge in [0.05, 0.1) is 6.54 Å². The molecule has 2 fully saturated rings. The van der Waals surface area contributed by atoms with Crippen molar-refractivity contribution in [3.63, 3.8) is 0 Å². The van der Waals surface area contributed by atoms with Crippen molar-refractivity contribution in [1.82, 2.24) is 19.8 Å². The molecule has 4 rings (SSSR count). The van der Waals surface area contributed by atoms with E-state index < -0.39 is 0 Å². The Balaban J connectivity index is 1.59. The van der Waals surface area contributed by atoms with Gasteiger partial charge < -0.3 is 9.88 Å². The van der Waals surface area contributed by atoms with Gasteiger partial charge in [-0.05, 0) is 37.9 Å². The fourth-order valence-electron chi connectivity index (χ4n) is 3.78. The molecule has 2 unspecified atom stereocenters. The van der Waals surface area contributed by atoms with E-state index in [2.05, 4.69) is 56.3 Å². The molecule has 2 aliphatic heterocycles. The average molecular weight is 282 g/mol. The second kappa shape index (κ2) is 5.62. The second-order valence-corrected chi connectivity index (χ2v) is 6.10. The summed E-state index contributed by atoms with van der Waals surface area (Å²) in [7, 11) is 0. The summed E-state index contributed by atoms with van der Waals surface area (Å²) in [6.45, 7) is 3.24. The molecule has 4 nitrogen and oxygen atoms in total. The summed E-state index contributed by atoms with van der Waals surface area (Å²) in [6.07, 6.45) is 7.92. The summed E-state index contributed by atoms with van der Waals surface area (Å²) in [5, 5.41) is 3.57. The number of aromatic nitrogens is 2. The van der Waals surface area contributed by atoms with E-state index in [4.69, 9.17) is 0 Å². The summed E-state index contributed by atoms with van der Waals surface area (Å²) < 4.78 is 2.22. The first kappa shape index (κ1) is 13.0. The Labute approximate surface area is 125 Å². The van der Waals surface area contributed by atoms with Gasteiger partial charge in [0.2, 0.25) is 0 Å². The van der Waals surface area contributed by atoms with E-state index in [1.165, 1.54) is 24.9 Å².